The fraction of sp³-hybridized carbons (Fsp3) is 0.588. The van der Waals surface area contributed by atoms with Crippen molar-refractivity contribution in [3.8, 4) is 0 Å². The highest BCUT2D eigenvalue weighted by molar-refractivity contribution is 5.78. The van der Waals surface area contributed by atoms with Crippen LogP contribution in [0.25, 0.3) is 0 Å². The fourth-order valence-electron chi connectivity index (χ4n) is 2.80. The van der Waals surface area contributed by atoms with Crippen molar-refractivity contribution in [3.05, 3.63) is 35.9 Å². The van der Waals surface area contributed by atoms with Gasteiger partial charge in [0, 0.05) is 12.8 Å². The first kappa shape index (κ1) is 15.0. The lowest BCUT2D eigenvalue weighted by molar-refractivity contribution is -0.149. The van der Waals surface area contributed by atoms with Crippen molar-refractivity contribution in [2.24, 2.45) is 5.41 Å². The summed E-state index contributed by atoms with van der Waals surface area (Å²) in [5.74, 6) is -0.0180. The molecule has 0 amide bonds. The van der Waals surface area contributed by atoms with E-state index in [9.17, 15) is 4.79 Å². The van der Waals surface area contributed by atoms with Crippen LogP contribution in [0.15, 0.2) is 30.3 Å². The van der Waals surface area contributed by atoms with Crippen LogP contribution in [-0.2, 0) is 20.9 Å². The molecule has 1 aliphatic rings. The summed E-state index contributed by atoms with van der Waals surface area (Å²) in [6, 6.07) is 10.1. The topological polar surface area (TPSA) is 35.5 Å². The van der Waals surface area contributed by atoms with E-state index in [-0.39, 0.29) is 17.5 Å². The predicted octanol–water partition coefficient (Wildman–Crippen LogP) is 3.72. The zero-order chi connectivity index (χ0) is 14.4. The van der Waals surface area contributed by atoms with E-state index in [1.54, 1.807) is 0 Å². The molecule has 20 heavy (non-hydrogen) atoms. The molecule has 0 radical (unpaired) electrons. The van der Waals surface area contributed by atoms with Crippen molar-refractivity contribution >= 4 is 5.97 Å². The van der Waals surface area contributed by atoms with Gasteiger partial charge in [0.15, 0.2) is 0 Å². The second-order valence-electron chi connectivity index (χ2n) is 5.55. The highest BCUT2D eigenvalue weighted by Gasteiger charge is 2.45. The molecule has 1 fully saturated rings. The van der Waals surface area contributed by atoms with Crippen LogP contribution in [0.5, 0.6) is 0 Å². The molecule has 0 bridgehead atoms. The lowest BCUT2D eigenvalue weighted by Crippen LogP contribution is -2.24. The van der Waals surface area contributed by atoms with Gasteiger partial charge in [0.1, 0.15) is 6.10 Å². The number of esters is 1. The van der Waals surface area contributed by atoms with Crippen molar-refractivity contribution in [1.29, 1.82) is 0 Å². The minimum atomic E-state index is -0.246. The summed E-state index contributed by atoms with van der Waals surface area (Å²) in [6.07, 6.45) is 3.39. The highest BCUT2D eigenvalue weighted by atomic mass is 16.6. The quantitative estimate of drug-likeness (QED) is 0.562. The number of carbonyl (C=O) groups is 1. The summed E-state index contributed by atoms with van der Waals surface area (Å²) in [5.41, 5.74) is 0.928. The summed E-state index contributed by atoms with van der Waals surface area (Å²) in [5, 5.41) is 0. The second-order valence-corrected chi connectivity index (χ2v) is 5.55. The molecule has 1 aliphatic heterocycles. The van der Waals surface area contributed by atoms with Gasteiger partial charge in [-0.2, -0.15) is 0 Å². The van der Waals surface area contributed by atoms with Gasteiger partial charge in [-0.1, -0.05) is 44.2 Å². The number of hydrogen-bond acceptors (Lipinski definition) is 3. The number of benzene rings is 1. The third kappa shape index (κ3) is 3.40. The molecule has 0 N–H and O–H groups in total. The van der Waals surface area contributed by atoms with Crippen molar-refractivity contribution in [1.82, 2.24) is 0 Å². The molecule has 3 heteroatoms. The summed E-state index contributed by atoms with van der Waals surface area (Å²) in [6.45, 7) is 5.39. The molecular weight excluding hydrogens is 252 g/mol. The first-order chi connectivity index (χ1) is 9.70. The van der Waals surface area contributed by atoms with Gasteiger partial charge >= 0.3 is 5.97 Å². The van der Waals surface area contributed by atoms with Gasteiger partial charge in [0.2, 0.25) is 0 Å². The zero-order valence-corrected chi connectivity index (χ0v) is 12.4. The predicted molar refractivity (Wildman–Crippen MR) is 78.2 cm³/mol. The van der Waals surface area contributed by atoms with E-state index < -0.39 is 0 Å². The summed E-state index contributed by atoms with van der Waals surface area (Å²) < 4.78 is 11.2. The Morgan fingerprint density at radius 3 is 2.55 bits per heavy atom. The average molecular weight is 276 g/mol. The van der Waals surface area contributed by atoms with Gasteiger partial charge in [-0.15, -0.1) is 0 Å². The Bertz CT molecular complexity index is 423. The molecule has 1 aromatic rings. The molecule has 2 rings (SSSR count). The molecule has 0 unspecified atom stereocenters. The number of ether oxygens (including phenoxy) is 2. The molecule has 0 aromatic heterocycles. The highest BCUT2D eigenvalue weighted by Crippen LogP contribution is 2.41. The van der Waals surface area contributed by atoms with Gasteiger partial charge in [-0.3, -0.25) is 4.79 Å². The van der Waals surface area contributed by atoms with E-state index in [1.807, 2.05) is 18.2 Å². The smallest absolute Gasteiger partial charge is 0.312 e. The van der Waals surface area contributed by atoms with Gasteiger partial charge in [-0.05, 0) is 18.4 Å². The van der Waals surface area contributed by atoms with Crippen LogP contribution >= 0.6 is 0 Å². The molecule has 3 nitrogen and oxygen atoms in total. The van der Waals surface area contributed by atoms with Gasteiger partial charge in [-0.25, -0.2) is 0 Å². The SMILES string of the molecule is CCC1(CC)C[C@H](CCOCc2ccccc2)OC1=O. The van der Waals surface area contributed by atoms with Crippen molar-refractivity contribution in [2.75, 3.05) is 6.61 Å². The van der Waals surface area contributed by atoms with Gasteiger partial charge < -0.3 is 9.47 Å². The van der Waals surface area contributed by atoms with E-state index in [4.69, 9.17) is 9.47 Å². The molecule has 0 aliphatic carbocycles. The first-order valence-electron chi connectivity index (χ1n) is 7.53. The van der Waals surface area contributed by atoms with E-state index in [0.717, 1.165) is 25.7 Å². The van der Waals surface area contributed by atoms with Crippen LogP contribution in [0.4, 0.5) is 0 Å². The Labute approximate surface area is 121 Å². The Kier molecular flexibility index (Phi) is 5.18. The van der Waals surface area contributed by atoms with Gasteiger partial charge in [0.05, 0.1) is 18.6 Å². The van der Waals surface area contributed by atoms with Gasteiger partial charge in [0.25, 0.3) is 0 Å². The van der Waals surface area contributed by atoms with Crippen LogP contribution in [0.2, 0.25) is 0 Å². The normalized spacial score (nSPS) is 20.9. The number of cyclic esters (lactones) is 1. The fourth-order valence-corrected chi connectivity index (χ4v) is 2.80. The van der Waals surface area contributed by atoms with Crippen molar-refractivity contribution in [3.63, 3.8) is 0 Å². The number of hydrogen-bond donors (Lipinski definition) is 0. The molecule has 1 heterocycles. The first-order valence-corrected chi connectivity index (χ1v) is 7.53. The van der Waals surface area contributed by atoms with Crippen LogP contribution in [0, 0.1) is 5.41 Å². The molecule has 0 saturated carbocycles. The zero-order valence-electron chi connectivity index (χ0n) is 12.4. The molecule has 1 aromatic carbocycles. The Morgan fingerprint density at radius 2 is 1.95 bits per heavy atom. The molecule has 1 atom stereocenters. The largest absolute Gasteiger partial charge is 0.462 e. The lowest BCUT2D eigenvalue weighted by Gasteiger charge is -2.20. The minimum Gasteiger partial charge on any atom is -0.462 e. The number of rotatable bonds is 7. The third-order valence-electron chi connectivity index (χ3n) is 4.37. The number of carbonyl (C=O) groups excluding carboxylic acids is 1. The minimum absolute atomic E-state index is 0.0180. The van der Waals surface area contributed by atoms with Crippen LogP contribution in [0.1, 0.15) is 45.1 Å². The Morgan fingerprint density at radius 1 is 1.25 bits per heavy atom. The second kappa shape index (κ2) is 6.89. The maximum atomic E-state index is 12.0. The van der Waals surface area contributed by atoms with E-state index in [1.165, 1.54) is 5.56 Å². The van der Waals surface area contributed by atoms with E-state index >= 15 is 0 Å². The van der Waals surface area contributed by atoms with Crippen molar-refractivity contribution in [2.45, 2.75) is 52.2 Å². The van der Waals surface area contributed by atoms with E-state index in [0.29, 0.717) is 13.2 Å². The molecule has 0 spiro atoms. The summed E-state index contributed by atoms with van der Waals surface area (Å²) in [7, 11) is 0. The monoisotopic (exact) mass is 276 g/mol. The molecular formula is C17H24O3. The van der Waals surface area contributed by atoms with Crippen molar-refractivity contribution < 1.29 is 14.3 Å². The maximum Gasteiger partial charge on any atom is 0.312 e. The van der Waals surface area contributed by atoms with E-state index in [2.05, 4.69) is 26.0 Å². The Balaban J connectivity index is 1.72. The van der Waals surface area contributed by atoms with Crippen LogP contribution < -0.4 is 0 Å². The summed E-state index contributed by atoms with van der Waals surface area (Å²) in [4.78, 5) is 12.0. The van der Waals surface area contributed by atoms with Crippen LogP contribution in [-0.4, -0.2) is 18.7 Å². The molecule has 1 saturated heterocycles. The maximum absolute atomic E-state index is 12.0. The third-order valence-corrected chi connectivity index (χ3v) is 4.37. The Hall–Kier alpha value is -1.35. The summed E-state index contributed by atoms with van der Waals surface area (Å²) >= 11 is 0. The molecule has 110 valence electrons. The van der Waals surface area contributed by atoms with Crippen LogP contribution in [0.3, 0.4) is 0 Å². The standard InChI is InChI=1S/C17H24O3/c1-3-17(4-2)12-15(20-16(17)18)10-11-19-13-14-8-6-5-7-9-14/h5-9,15H,3-4,10-13H2,1-2H3/t15-/m0/s1. The lowest BCUT2D eigenvalue weighted by atomic mass is 9.79. The average Bonchev–Trinajstić information content (AvgIpc) is 2.81.